The number of hydrogen-bond donors (Lipinski definition) is 1. The summed E-state index contributed by atoms with van der Waals surface area (Å²) in [4.78, 5) is 34.4. The Kier molecular flexibility index (Phi) is 5.58. The van der Waals surface area contributed by atoms with Crippen molar-refractivity contribution in [1.29, 1.82) is 0 Å². The van der Waals surface area contributed by atoms with E-state index in [9.17, 15) is 9.59 Å². The normalized spacial score (nSPS) is 17.6. The third-order valence-corrected chi connectivity index (χ3v) is 7.17. The van der Waals surface area contributed by atoms with Gasteiger partial charge in [-0.25, -0.2) is 4.90 Å². The third kappa shape index (κ3) is 3.37. The zero-order valence-electron chi connectivity index (χ0n) is 19.2. The van der Waals surface area contributed by atoms with Gasteiger partial charge in [-0.1, -0.05) is 36.4 Å². The van der Waals surface area contributed by atoms with E-state index in [2.05, 4.69) is 16.9 Å². The maximum Gasteiger partial charge on any atom is 0.266 e. The molecule has 1 saturated heterocycles. The molecule has 0 radical (unpaired) electrons. The fraction of sp³-hybridized carbons (Fsp3) is 0.259. The van der Waals surface area contributed by atoms with Crippen LogP contribution in [-0.4, -0.2) is 46.4 Å². The summed E-state index contributed by atoms with van der Waals surface area (Å²) < 4.78 is 2.00. The molecule has 0 unspecified atom stereocenters. The first kappa shape index (κ1) is 22.4. The molecule has 4 heterocycles. The Labute approximate surface area is 204 Å². The molecule has 0 saturated carbocycles. The number of H-pyrrole nitrogens is 1. The largest absolute Gasteiger partial charge is 0.356 e. The second-order valence-corrected chi connectivity index (χ2v) is 9.22. The predicted octanol–water partition coefficient (Wildman–Crippen LogP) is 4.85. The summed E-state index contributed by atoms with van der Waals surface area (Å²) in [5.41, 5.74) is 4.97. The first-order valence-electron chi connectivity index (χ1n) is 11.5. The maximum atomic E-state index is 13.8. The highest BCUT2D eigenvalue weighted by Gasteiger charge is 2.38. The molecule has 2 aliphatic rings. The monoisotopic (exact) mass is 474 g/mol. The van der Waals surface area contributed by atoms with Crippen molar-refractivity contribution in [1.82, 2.24) is 14.5 Å². The highest BCUT2D eigenvalue weighted by molar-refractivity contribution is 6.45. The standard InChI is InChI=1S/C27H26N4O2.ClH/c1-29-13-11-17(12-14-29)25-26(19-8-3-5-9-22(19)28-25)31-24(32)15-20(27(31)33)21-16-30(2)23-10-6-4-7-18(21)23;/h3-10,15-17,28H,11-14H2,1-2H3;1H. The molecule has 1 fully saturated rings. The molecule has 34 heavy (non-hydrogen) atoms. The highest BCUT2D eigenvalue weighted by atomic mass is 35.5. The number of benzene rings is 2. The van der Waals surface area contributed by atoms with Crippen LogP contribution in [0.3, 0.4) is 0 Å². The zero-order valence-corrected chi connectivity index (χ0v) is 20.1. The Balaban J connectivity index is 0.00000241. The number of amides is 2. The lowest BCUT2D eigenvalue weighted by Gasteiger charge is -2.30. The molecule has 7 heteroatoms. The van der Waals surface area contributed by atoms with Gasteiger partial charge in [-0.3, -0.25) is 9.59 Å². The Morgan fingerprint density at radius 3 is 2.35 bits per heavy atom. The van der Waals surface area contributed by atoms with Gasteiger partial charge in [0, 0.05) is 58.3 Å². The average molecular weight is 475 g/mol. The predicted molar refractivity (Wildman–Crippen MR) is 138 cm³/mol. The fourth-order valence-corrected chi connectivity index (χ4v) is 5.41. The van der Waals surface area contributed by atoms with Gasteiger partial charge in [-0.2, -0.15) is 0 Å². The van der Waals surface area contributed by atoms with E-state index in [-0.39, 0.29) is 30.1 Å². The van der Waals surface area contributed by atoms with Gasteiger partial charge in [0.25, 0.3) is 11.8 Å². The molecular formula is C27H27ClN4O2. The van der Waals surface area contributed by atoms with Crippen LogP contribution in [0, 0.1) is 0 Å². The number of anilines is 1. The van der Waals surface area contributed by atoms with Crippen LogP contribution in [0.25, 0.3) is 27.4 Å². The molecule has 0 atom stereocenters. The van der Waals surface area contributed by atoms with Gasteiger partial charge in [-0.15, -0.1) is 12.4 Å². The van der Waals surface area contributed by atoms with E-state index < -0.39 is 0 Å². The van der Waals surface area contributed by atoms with Crippen molar-refractivity contribution in [2.45, 2.75) is 18.8 Å². The number of aromatic amines is 1. The third-order valence-electron chi connectivity index (χ3n) is 7.17. The molecule has 6 nitrogen and oxygen atoms in total. The van der Waals surface area contributed by atoms with E-state index in [1.165, 1.54) is 11.0 Å². The first-order valence-corrected chi connectivity index (χ1v) is 11.5. The van der Waals surface area contributed by atoms with Crippen molar-refractivity contribution < 1.29 is 9.59 Å². The molecule has 2 amide bonds. The summed E-state index contributed by atoms with van der Waals surface area (Å²) in [6.07, 6.45) is 5.44. The summed E-state index contributed by atoms with van der Waals surface area (Å²) in [5.74, 6) is -0.247. The number of nitrogens with one attached hydrogen (secondary N) is 1. The first-order chi connectivity index (χ1) is 16.0. The number of nitrogens with zero attached hydrogens (tertiary/aromatic N) is 3. The topological polar surface area (TPSA) is 61.3 Å². The number of aryl methyl sites for hydroxylation is 1. The molecule has 0 aliphatic carbocycles. The zero-order chi connectivity index (χ0) is 22.7. The van der Waals surface area contributed by atoms with Gasteiger partial charge in [0.1, 0.15) is 0 Å². The van der Waals surface area contributed by atoms with Gasteiger partial charge >= 0.3 is 0 Å². The molecular weight excluding hydrogens is 448 g/mol. The van der Waals surface area contributed by atoms with Crippen molar-refractivity contribution in [3.63, 3.8) is 0 Å². The highest BCUT2D eigenvalue weighted by Crippen LogP contribution is 2.42. The van der Waals surface area contributed by atoms with Crippen molar-refractivity contribution in [2.24, 2.45) is 7.05 Å². The Morgan fingerprint density at radius 2 is 1.59 bits per heavy atom. The van der Waals surface area contributed by atoms with Crippen LogP contribution in [0.5, 0.6) is 0 Å². The summed E-state index contributed by atoms with van der Waals surface area (Å²) in [6, 6.07) is 15.9. The fourth-order valence-electron chi connectivity index (χ4n) is 5.41. The summed E-state index contributed by atoms with van der Waals surface area (Å²) in [6.45, 7) is 2.00. The maximum absolute atomic E-state index is 13.8. The minimum absolute atomic E-state index is 0. The van der Waals surface area contributed by atoms with E-state index in [0.29, 0.717) is 5.57 Å². The van der Waals surface area contributed by atoms with Crippen LogP contribution >= 0.6 is 12.4 Å². The number of carbonyl (C=O) groups excluding carboxylic acids is 2. The molecule has 2 aliphatic heterocycles. The number of carbonyl (C=O) groups is 2. The Bertz CT molecular complexity index is 1460. The molecule has 4 aromatic rings. The molecule has 0 spiro atoms. The summed E-state index contributed by atoms with van der Waals surface area (Å²) in [7, 11) is 4.10. The number of rotatable bonds is 3. The lowest BCUT2D eigenvalue weighted by atomic mass is 9.92. The van der Waals surface area contributed by atoms with Crippen molar-refractivity contribution in [3.8, 4) is 0 Å². The number of halogens is 1. The Hall–Kier alpha value is -3.35. The average Bonchev–Trinajstić information content (AvgIpc) is 3.45. The second-order valence-electron chi connectivity index (χ2n) is 9.22. The van der Waals surface area contributed by atoms with Gasteiger partial charge in [0.15, 0.2) is 0 Å². The van der Waals surface area contributed by atoms with Gasteiger partial charge in [0.05, 0.1) is 11.3 Å². The van der Waals surface area contributed by atoms with Crippen molar-refractivity contribution in [3.05, 3.63) is 72.1 Å². The molecule has 6 rings (SSSR count). The van der Waals surface area contributed by atoms with E-state index in [1.54, 1.807) is 0 Å². The van der Waals surface area contributed by atoms with Crippen LogP contribution in [0.4, 0.5) is 5.69 Å². The van der Waals surface area contributed by atoms with E-state index >= 15 is 0 Å². The van der Waals surface area contributed by atoms with E-state index in [4.69, 9.17) is 0 Å². The minimum Gasteiger partial charge on any atom is -0.356 e. The molecule has 2 aromatic heterocycles. The van der Waals surface area contributed by atoms with E-state index in [0.717, 1.165) is 64.7 Å². The van der Waals surface area contributed by atoms with E-state index in [1.807, 2.05) is 66.3 Å². The van der Waals surface area contributed by atoms with Crippen LogP contribution < -0.4 is 4.90 Å². The van der Waals surface area contributed by atoms with Crippen molar-refractivity contribution >= 4 is 57.3 Å². The second kappa shape index (κ2) is 8.46. The quantitative estimate of drug-likeness (QED) is 0.432. The van der Waals surface area contributed by atoms with Crippen LogP contribution in [0.15, 0.2) is 60.8 Å². The van der Waals surface area contributed by atoms with Crippen molar-refractivity contribution in [2.75, 3.05) is 25.0 Å². The lowest BCUT2D eigenvalue weighted by molar-refractivity contribution is -0.119. The number of fused-ring (bicyclic) bond motifs is 2. The van der Waals surface area contributed by atoms with Gasteiger partial charge in [0.2, 0.25) is 0 Å². The number of likely N-dealkylation sites (tertiary alicyclic amines) is 1. The summed E-state index contributed by atoms with van der Waals surface area (Å²) >= 11 is 0. The van der Waals surface area contributed by atoms with Crippen LogP contribution in [0.1, 0.15) is 30.0 Å². The van der Waals surface area contributed by atoms with Gasteiger partial charge < -0.3 is 14.5 Å². The number of imide groups is 1. The Morgan fingerprint density at radius 1 is 0.912 bits per heavy atom. The molecule has 1 N–H and O–H groups in total. The lowest BCUT2D eigenvalue weighted by Crippen LogP contribution is -2.33. The smallest absolute Gasteiger partial charge is 0.266 e. The molecule has 174 valence electrons. The SMILES string of the molecule is CN1CCC(c2[nH]c3ccccc3c2N2C(=O)C=C(c3cn(C)c4ccccc34)C2=O)CC1.Cl. The number of para-hydroxylation sites is 2. The number of aromatic nitrogens is 2. The summed E-state index contributed by atoms with van der Waals surface area (Å²) in [5, 5.41) is 1.89. The number of hydrogen-bond acceptors (Lipinski definition) is 3. The molecule has 2 aromatic carbocycles. The van der Waals surface area contributed by atoms with Crippen LogP contribution in [0.2, 0.25) is 0 Å². The van der Waals surface area contributed by atoms with Crippen LogP contribution in [-0.2, 0) is 16.6 Å². The minimum atomic E-state index is -0.276. The molecule has 0 bridgehead atoms. The van der Waals surface area contributed by atoms with Gasteiger partial charge in [-0.05, 0) is 45.1 Å². The number of piperidine rings is 1.